The number of hydrogen-bond acceptors (Lipinski definition) is 2. The van der Waals surface area contributed by atoms with Gasteiger partial charge in [-0.2, -0.15) is 5.26 Å². The van der Waals surface area contributed by atoms with Gasteiger partial charge in [-0.25, -0.2) is 0 Å². The number of hydrogen-bond donors (Lipinski definition) is 0. The highest BCUT2D eigenvalue weighted by molar-refractivity contribution is 7.84. The third-order valence-corrected chi connectivity index (χ3v) is 4.47. The van der Waals surface area contributed by atoms with Crippen LogP contribution in [0.2, 0.25) is 0 Å². The Hall–Kier alpha value is -1.14. The van der Waals surface area contributed by atoms with Crippen molar-refractivity contribution in [3.8, 4) is 6.07 Å². The third kappa shape index (κ3) is 4.62. The van der Waals surface area contributed by atoms with Gasteiger partial charge in [0.05, 0.1) is 11.5 Å². The predicted octanol–water partition coefficient (Wildman–Crippen LogP) is 3.49. The van der Waals surface area contributed by atoms with Crippen molar-refractivity contribution in [2.24, 2.45) is 5.41 Å². The smallest absolute Gasteiger partial charge is 0.0684 e. The fourth-order valence-electron chi connectivity index (χ4n) is 1.58. The van der Waals surface area contributed by atoms with Gasteiger partial charge in [0.25, 0.3) is 0 Å². The van der Waals surface area contributed by atoms with Gasteiger partial charge in [0.1, 0.15) is 0 Å². The molecular formula is C15H21NOS. The molecular weight excluding hydrogens is 242 g/mol. The summed E-state index contributed by atoms with van der Waals surface area (Å²) >= 11 is 0. The van der Waals surface area contributed by atoms with Crippen LogP contribution in [0, 0.1) is 30.6 Å². The number of benzene rings is 1. The van der Waals surface area contributed by atoms with E-state index in [1.807, 2.05) is 19.9 Å². The maximum absolute atomic E-state index is 12.0. The van der Waals surface area contributed by atoms with E-state index in [0.29, 0.717) is 17.9 Å². The summed E-state index contributed by atoms with van der Waals surface area (Å²) in [6.45, 7) is 7.92. The second-order valence-corrected chi connectivity index (χ2v) is 7.03. The van der Waals surface area contributed by atoms with Gasteiger partial charge in [0.2, 0.25) is 0 Å². The van der Waals surface area contributed by atoms with E-state index in [2.05, 4.69) is 32.0 Å². The van der Waals surface area contributed by atoms with E-state index >= 15 is 0 Å². The van der Waals surface area contributed by atoms with Crippen LogP contribution in [0.15, 0.2) is 18.2 Å². The molecule has 0 spiro atoms. The minimum Gasteiger partial charge on any atom is -0.259 e. The van der Waals surface area contributed by atoms with E-state index in [0.717, 1.165) is 5.56 Å². The highest BCUT2D eigenvalue weighted by Crippen LogP contribution is 2.20. The molecule has 1 aromatic rings. The van der Waals surface area contributed by atoms with E-state index in [1.165, 1.54) is 11.1 Å². The van der Waals surface area contributed by atoms with Gasteiger partial charge in [0.15, 0.2) is 0 Å². The van der Waals surface area contributed by atoms with Gasteiger partial charge in [-0.05, 0) is 50.8 Å². The molecule has 0 radical (unpaired) electrons. The van der Waals surface area contributed by atoms with Crippen LogP contribution in [-0.4, -0.2) is 9.96 Å². The molecule has 18 heavy (non-hydrogen) atoms. The first-order chi connectivity index (χ1) is 8.34. The summed E-state index contributed by atoms with van der Waals surface area (Å²) < 4.78 is 12.0. The molecule has 0 saturated carbocycles. The molecule has 2 nitrogen and oxygen atoms in total. The molecule has 0 amide bonds. The van der Waals surface area contributed by atoms with Crippen molar-refractivity contribution in [2.75, 3.05) is 5.75 Å². The lowest BCUT2D eigenvalue weighted by Gasteiger charge is -2.14. The Morgan fingerprint density at radius 3 is 2.50 bits per heavy atom. The summed E-state index contributed by atoms with van der Waals surface area (Å²) in [5.74, 6) is 1.18. The molecule has 0 aliphatic carbocycles. The Balaban J connectivity index is 2.55. The van der Waals surface area contributed by atoms with Crippen LogP contribution < -0.4 is 0 Å². The molecule has 98 valence electrons. The average Bonchev–Trinajstić information content (AvgIpc) is 2.32. The second-order valence-electron chi connectivity index (χ2n) is 5.45. The van der Waals surface area contributed by atoms with E-state index in [4.69, 9.17) is 5.26 Å². The van der Waals surface area contributed by atoms with Gasteiger partial charge < -0.3 is 0 Å². The summed E-state index contributed by atoms with van der Waals surface area (Å²) in [6, 6.07) is 8.45. The number of rotatable bonds is 5. The first-order valence-corrected chi connectivity index (χ1v) is 7.65. The monoisotopic (exact) mass is 263 g/mol. The minimum absolute atomic E-state index is 0.376. The minimum atomic E-state index is -0.885. The van der Waals surface area contributed by atoms with Crippen molar-refractivity contribution < 1.29 is 4.21 Å². The van der Waals surface area contributed by atoms with E-state index in [9.17, 15) is 4.21 Å². The SMILES string of the molecule is Cc1ccc(CS(=O)CCC(C)(C)C#N)cc1C. The average molecular weight is 263 g/mol. The molecule has 0 N–H and O–H groups in total. The Kier molecular flexibility index (Phi) is 5.10. The summed E-state index contributed by atoms with van der Waals surface area (Å²) in [5.41, 5.74) is 3.24. The fourth-order valence-corrected chi connectivity index (χ4v) is 3.01. The van der Waals surface area contributed by atoms with Crippen molar-refractivity contribution >= 4 is 10.8 Å². The molecule has 0 saturated heterocycles. The lowest BCUT2D eigenvalue weighted by Crippen LogP contribution is -2.13. The Bertz CT molecular complexity index is 486. The maximum atomic E-state index is 12.0. The predicted molar refractivity (Wildman–Crippen MR) is 76.6 cm³/mol. The Morgan fingerprint density at radius 1 is 1.28 bits per heavy atom. The number of nitriles is 1. The summed E-state index contributed by atoms with van der Waals surface area (Å²) in [7, 11) is -0.885. The molecule has 0 bridgehead atoms. The van der Waals surface area contributed by atoms with Crippen molar-refractivity contribution in [1.29, 1.82) is 5.26 Å². The van der Waals surface area contributed by atoms with Crippen LogP contribution in [0.1, 0.15) is 37.0 Å². The van der Waals surface area contributed by atoms with Gasteiger partial charge in [-0.15, -0.1) is 0 Å². The molecule has 0 heterocycles. The van der Waals surface area contributed by atoms with Gasteiger partial charge in [-0.1, -0.05) is 18.2 Å². The molecule has 3 heteroatoms. The zero-order valence-corrected chi connectivity index (χ0v) is 12.4. The fraction of sp³-hybridized carbons (Fsp3) is 0.533. The van der Waals surface area contributed by atoms with Gasteiger partial charge >= 0.3 is 0 Å². The summed E-state index contributed by atoms with van der Waals surface area (Å²) in [4.78, 5) is 0. The topological polar surface area (TPSA) is 40.9 Å². The first kappa shape index (κ1) is 14.9. The lowest BCUT2D eigenvalue weighted by molar-refractivity contribution is 0.479. The molecule has 1 aromatic carbocycles. The highest BCUT2D eigenvalue weighted by Gasteiger charge is 2.17. The number of nitrogens with zero attached hydrogens (tertiary/aromatic N) is 1. The molecule has 1 unspecified atom stereocenters. The summed E-state index contributed by atoms with van der Waals surface area (Å²) in [5, 5.41) is 8.91. The molecule has 1 atom stereocenters. The quantitative estimate of drug-likeness (QED) is 0.816. The lowest BCUT2D eigenvalue weighted by atomic mass is 9.93. The van der Waals surface area contributed by atoms with Crippen LogP contribution in [-0.2, 0) is 16.6 Å². The van der Waals surface area contributed by atoms with E-state index in [1.54, 1.807) is 0 Å². The number of aryl methyl sites for hydroxylation is 2. The zero-order valence-electron chi connectivity index (χ0n) is 11.6. The summed E-state index contributed by atoms with van der Waals surface area (Å²) in [6.07, 6.45) is 0.682. The van der Waals surface area contributed by atoms with Crippen LogP contribution in [0.5, 0.6) is 0 Å². The molecule has 0 aliphatic rings. The Morgan fingerprint density at radius 2 is 1.94 bits per heavy atom. The standard InChI is InChI=1S/C15H21NOS/c1-12-5-6-14(9-13(12)2)10-18(17)8-7-15(3,4)11-16/h5-6,9H,7-8,10H2,1-4H3. The van der Waals surface area contributed by atoms with Crippen molar-refractivity contribution in [2.45, 2.75) is 39.9 Å². The van der Waals surface area contributed by atoms with Crippen molar-refractivity contribution in [3.05, 3.63) is 34.9 Å². The van der Waals surface area contributed by atoms with Gasteiger partial charge in [-0.3, -0.25) is 4.21 Å². The largest absolute Gasteiger partial charge is 0.259 e. The molecule has 0 fully saturated rings. The van der Waals surface area contributed by atoms with E-state index in [-0.39, 0.29) is 5.41 Å². The van der Waals surface area contributed by atoms with Crippen molar-refractivity contribution in [3.63, 3.8) is 0 Å². The van der Waals surface area contributed by atoms with Gasteiger partial charge in [0, 0.05) is 22.3 Å². The Labute approximate surface area is 112 Å². The highest BCUT2D eigenvalue weighted by atomic mass is 32.2. The zero-order chi connectivity index (χ0) is 13.8. The molecule has 1 rings (SSSR count). The van der Waals surface area contributed by atoms with Crippen LogP contribution in [0.3, 0.4) is 0 Å². The van der Waals surface area contributed by atoms with Crippen LogP contribution in [0.4, 0.5) is 0 Å². The normalized spacial score (nSPS) is 13.1. The maximum Gasteiger partial charge on any atom is 0.0684 e. The van der Waals surface area contributed by atoms with Crippen LogP contribution in [0.25, 0.3) is 0 Å². The van der Waals surface area contributed by atoms with Crippen molar-refractivity contribution in [1.82, 2.24) is 0 Å². The van der Waals surface area contributed by atoms with Crippen LogP contribution >= 0.6 is 0 Å². The molecule has 0 aromatic heterocycles. The third-order valence-electron chi connectivity index (χ3n) is 3.16. The van der Waals surface area contributed by atoms with E-state index < -0.39 is 10.8 Å². The second kappa shape index (κ2) is 6.15. The first-order valence-electron chi connectivity index (χ1n) is 6.16. The molecule has 0 aliphatic heterocycles.